The monoisotopic (exact) mass is 368 g/mol. The lowest BCUT2D eigenvalue weighted by atomic mass is 9.96. The van der Waals surface area contributed by atoms with E-state index in [4.69, 9.17) is 0 Å². The number of nitrogens with one attached hydrogen (secondary N) is 2. The molecule has 5 nitrogen and oxygen atoms in total. The summed E-state index contributed by atoms with van der Waals surface area (Å²) in [5.74, 6) is 0.373. The normalized spacial score (nSPS) is 13.9. The predicted octanol–water partition coefficient (Wildman–Crippen LogP) is 2.54. The summed E-state index contributed by atoms with van der Waals surface area (Å²) in [6, 6.07) is 3.71. The lowest BCUT2D eigenvalue weighted by Crippen LogP contribution is -2.16. The molecule has 0 atom stereocenters. The Morgan fingerprint density at radius 1 is 1.37 bits per heavy atom. The average molecular weight is 368 g/mol. The van der Waals surface area contributed by atoms with Gasteiger partial charge in [-0.05, 0) is 60.4 Å². The molecule has 0 saturated heterocycles. The number of H-pyrrole nitrogens is 1. The van der Waals surface area contributed by atoms with Gasteiger partial charge in [-0.1, -0.05) is 0 Å². The molecule has 6 heteroatoms. The van der Waals surface area contributed by atoms with Crippen molar-refractivity contribution < 1.29 is 4.79 Å². The van der Waals surface area contributed by atoms with E-state index in [1.807, 2.05) is 12.1 Å². The van der Waals surface area contributed by atoms with Crippen LogP contribution in [0.3, 0.4) is 0 Å². The number of anilines is 1. The first-order valence-electron chi connectivity index (χ1n) is 6.23. The summed E-state index contributed by atoms with van der Waals surface area (Å²) in [5.41, 5.74) is 2.68. The van der Waals surface area contributed by atoms with E-state index >= 15 is 0 Å². The van der Waals surface area contributed by atoms with Crippen LogP contribution in [0, 0.1) is 3.57 Å². The smallest absolute Gasteiger partial charge is 0.277 e. The highest BCUT2D eigenvalue weighted by Gasteiger charge is 2.21. The lowest BCUT2D eigenvalue weighted by molar-refractivity contribution is 0.102. The highest BCUT2D eigenvalue weighted by atomic mass is 127. The minimum atomic E-state index is -0.186. The molecule has 2 N–H and O–H groups in total. The van der Waals surface area contributed by atoms with Gasteiger partial charge in [0.15, 0.2) is 5.69 Å². The third-order valence-corrected chi connectivity index (χ3v) is 3.91. The van der Waals surface area contributed by atoms with Crippen molar-refractivity contribution in [2.24, 2.45) is 0 Å². The largest absolute Gasteiger partial charge is 0.305 e. The van der Waals surface area contributed by atoms with E-state index in [1.54, 1.807) is 6.20 Å². The molecule has 2 heterocycles. The summed E-state index contributed by atoms with van der Waals surface area (Å²) < 4.78 is 1.03. The number of hydrogen-bond acceptors (Lipinski definition) is 3. The Morgan fingerprint density at radius 3 is 3.05 bits per heavy atom. The van der Waals surface area contributed by atoms with Crippen LogP contribution in [0.25, 0.3) is 0 Å². The Kier molecular flexibility index (Phi) is 3.50. The van der Waals surface area contributed by atoms with Gasteiger partial charge in [0.25, 0.3) is 5.91 Å². The molecule has 0 aliphatic heterocycles. The Morgan fingerprint density at radius 2 is 2.21 bits per heavy atom. The Labute approximate surface area is 124 Å². The first kappa shape index (κ1) is 12.6. The fourth-order valence-electron chi connectivity index (χ4n) is 2.32. The average Bonchev–Trinajstić information content (AvgIpc) is 2.82. The molecular formula is C13H13IN4O. The van der Waals surface area contributed by atoms with Crippen molar-refractivity contribution in [2.75, 3.05) is 5.32 Å². The summed E-state index contributed by atoms with van der Waals surface area (Å²) >= 11 is 2.19. The van der Waals surface area contributed by atoms with Crippen LogP contribution in [0.2, 0.25) is 0 Å². The zero-order valence-corrected chi connectivity index (χ0v) is 12.4. The maximum atomic E-state index is 12.2. The third-order valence-electron chi connectivity index (χ3n) is 3.24. The maximum absolute atomic E-state index is 12.2. The van der Waals surface area contributed by atoms with Crippen LogP contribution in [0.4, 0.5) is 5.82 Å². The Balaban J connectivity index is 1.83. The summed E-state index contributed by atoms with van der Waals surface area (Å²) in [6.07, 6.45) is 5.87. The van der Waals surface area contributed by atoms with Gasteiger partial charge < -0.3 is 5.32 Å². The standard InChI is InChI=1S/C13H13IN4O/c14-8-5-6-15-11(7-8)16-13(19)12-9-3-1-2-4-10(9)17-18-12/h5-7H,1-4H2,(H,17,18)(H,15,16,19). The molecule has 1 aliphatic carbocycles. The van der Waals surface area contributed by atoms with Crippen LogP contribution in [-0.2, 0) is 12.8 Å². The van der Waals surface area contributed by atoms with E-state index < -0.39 is 0 Å². The molecule has 0 radical (unpaired) electrons. The summed E-state index contributed by atoms with van der Waals surface area (Å²) in [7, 11) is 0. The lowest BCUT2D eigenvalue weighted by Gasteiger charge is -2.10. The van der Waals surface area contributed by atoms with Gasteiger partial charge in [0.2, 0.25) is 0 Å². The van der Waals surface area contributed by atoms with Gasteiger partial charge >= 0.3 is 0 Å². The van der Waals surface area contributed by atoms with Gasteiger partial charge in [-0.15, -0.1) is 0 Å². The molecule has 98 valence electrons. The third kappa shape index (κ3) is 2.63. The van der Waals surface area contributed by atoms with Crippen LogP contribution < -0.4 is 5.32 Å². The van der Waals surface area contributed by atoms with Gasteiger partial charge in [0.1, 0.15) is 5.82 Å². The van der Waals surface area contributed by atoms with Gasteiger partial charge in [-0.25, -0.2) is 4.98 Å². The van der Waals surface area contributed by atoms with Gasteiger partial charge in [0, 0.05) is 21.0 Å². The number of aromatic nitrogens is 3. The number of nitrogens with zero attached hydrogens (tertiary/aromatic N) is 2. The zero-order chi connectivity index (χ0) is 13.2. The number of amides is 1. The molecule has 19 heavy (non-hydrogen) atoms. The number of carbonyl (C=O) groups excluding carboxylic acids is 1. The van der Waals surface area contributed by atoms with Gasteiger partial charge in [-0.2, -0.15) is 5.10 Å². The molecule has 1 amide bonds. The highest BCUT2D eigenvalue weighted by molar-refractivity contribution is 14.1. The minimum absolute atomic E-state index is 0.186. The van der Waals surface area contributed by atoms with E-state index in [1.165, 1.54) is 0 Å². The molecule has 2 aromatic heterocycles. The molecule has 1 aliphatic rings. The highest BCUT2D eigenvalue weighted by Crippen LogP contribution is 2.22. The number of carbonyl (C=O) groups is 1. The number of rotatable bonds is 2. The quantitative estimate of drug-likeness (QED) is 0.801. The fourth-order valence-corrected chi connectivity index (χ4v) is 2.77. The number of pyridine rings is 1. The second-order valence-electron chi connectivity index (χ2n) is 4.55. The van der Waals surface area contributed by atoms with Gasteiger partial charge in [-0.3, -0.25) is 9.89 Å². The molecular weight excluding hydrogens is 355 g/mol. The van der Waals surface area contributed by atoms with Crippen LogP contribution in [0.5, 0.6) is 0 Å². The maximum Gasteiger partial charge on any atom is 0.277 e. The van der Waals surface area contributed by atoms with E-state index in [0.717, 1.165) is 40.5 Å². The molecule has 0 bridgehead atoms. The Hall–Kier alpha value is -1.44. The van der Waals surface area contributed by atoms with Crippen molar-refractivity contribution in [1.29, 1.82) is 0 Å². The second kappa shape index (κ2) is 5.28. The molecule has 0 saturated carbocycles. The molecule has 0 aromatic carbocycles. The van der Waals surface area contributed by atoms with Crippen molar-refractivity contribution in [2.45, 2.75) is 25.7 Å². The first-order valence-corrected chi connectivity index (χ1v) is 7.31. The summed E-state index contributed by atoms with van der Waals surface area (Å²) in [5, 5.41) is 9.92. The predicted molar refractivity (Wildman–Crippen MR) is 80.1 cm³/mol. The number of aryl methyl sites for hydroxylation is 1. The minimum Gasteiger partial charge on any atom is -0.305 e. The van der Waals surface area contributed by atoms with E-state index in [2.05, 4.69) is 43.1 Å². The molecule has 0 spiro atoms. The van der Waals surface area contributed by atoms with Crippen LogP contribution in [-0.4, -0.2) is 21.1 Å². The van der Waals surface area contributed by atoms with Crippen LogP contribution >= 0.6 is 22.6 Å². The molecule has 2 aromatic rings. The van der Waals surface area contributed by atoms with Crippen molar-refractivity contribution in [3.63, 3.8) is 0 Å². The second-order valence-corrected chi connectivity index (χ2v) is 5.80. The van der Waals surface area contributed by atoms with E-state index in [0.29, 0.717) is 11.5 Å². The first-order chi connectivity index (χ1) is 9.24. The van der Waals surface area contributed by atoms with E-state index in [9.17, 15) is 4.79 Å². The number of halogens is 1. The number of hydrogen-bond donors (Lipinski definition) is 2. The van der Waals surface area contributed by atoms with Crippen LogP contribution in [0.1, 0.15) is 34.6 Å². The molecule has 0 fully saturated rings. The Bertz CT molecular complexity index is 623. The molecule has 3 rings (SSSR count). The fraction of sp³-hybridized carbons (Fsp3) is 0.308. The number of fused-ring (bicyclic) bond motifs is 1. The van der Waals surface area contributed by atoms with Crippen molar-refractivity contribution in [3.8, 4) is 0 Å². The van der Waals surface area contributed by atoms with Crippen molar-refractivity contribution >= 4 is 34.3 Å². The van der Waals surface area contributed by atoms with Crippen LogP contribution in [0.15, 0.2) is 18.3 Å². The van der Waals surface area contributed by atoms with Crippen molar-refractivity contribution in [1.82, 2.24) is 15.2 Å². The van der Waals surface area contributed by atoms with Gasteiger partial charge in [0.05, 0.1) is 0 Å². The summed E-state index contributed by atoms with van der Waals surface area (Å²) in [6.45, 7) is 0. The van der Waals surface area contributed by atoms with Crippen molar-refractivity contribution in [3.05, 3.63) is 38.9 Å². The SMILES string of the molecule is O=C(Nc1cc(I)ccn1)c1n[nH]c2c1CCCC2. The zero-order valence-electron chi connectivity index (χ0n) is 10.2. The topological polar surface area (TPSA) is 70.7 Å². The molecule has 0 unspecified atom stereocenters. The summed E-state index contributed by atoms with van der Waals surface area (Å²) in [4.78, 5) is 16.3. The van der Waals surface area contributed by atoms with E-state index in [-0.39, 0.29) is 5.91 Å². The number of aromatic amines is 1.